The number of benzene rings is 1. The monoisotopic (exact) mass is 364 g/mol. The molecular formula is C15H13ClN4O3S. The van der Waals surface area contributed by atoms with Gasteiger partial charge < -0.3 is 9.72 Å². The zero-order valence-corrected chi connectivity index (χ0v) is 14.4. The molecule has 0 aliphatic carbocycles. The first-order chi connectivity index (χ1) is 11.5. The van der Waals surface area contributed by atoms with Gasteiger partial charge in [0, 0.05) is 0 Å². The Morgan fingerprint density at radius 2 is 2.17 bits per heavy atom. The van der Waals surface area contributed by atoms with Crippen LogP contribution in [0.25, 0.3) is 16.7 Å². The number of carbonyl (C=O) groups excluding carboxylic acids is 1. The summed E-state index contributed by atoms with van der Waals surface area (Å²) >= 11 is 7.30. The van der Waals surface area contributed by atoms with Gasteiger partial charge in [-0.15, -0.1) is 0 Å². The van der Waals surface area contributed by atoms with Crippen LogP contribution >= 0.6 is 23.4 Å². The molecule has 1 N–H and O–H groups in total. The van der Waals surface area contributed by atoms with Crippen LogP contribution in [-0.4, -0.2) is 38.1 Å². The van der Waals surface area contributed by atoms with E-state index in [1.165, 1.54) is 18.0 Å². The number of para-hydroxylation sites is 1. The number of hydrogen-bond donors (Lipinski definition) is 1. The van der Waals surface area contributed by atoms with E-state index in [0.29, 0.717) is 26.9 Å². The number of aromatic nitrogens is 4. The Bertz CT molecular complexity index is 969. The van der Waals surface area contributed by atoms with Gasteiger partial charge in [0.1, 0.15) is 10.6 Å². The van der Waals surface area contributed by atoms with E-state index >= 15 is 0 Å². The smallest absolute Gasteiger partial charge is 0.318 e. The number of halogens is 1. The number of carbonyl (C=O) groups is 1. The number of nitrogens with one attached hydrogen (secondary N) is 1. The van der Waals surface area contributed by atoms with Gasteiger partial charge in [0.2, 0.25) is 0 Å². The van der Waals surface area contributed by atoms with E-state index in [-0.39, 0.29) is 5.56 Å². The molecule has 0 saturated heterocycles. The Morgan fingerprint density at radius 3 is 2.88 bits per heavy atom. The molecule has 0 aliphatic heterocycles. The highest BCUT2D eigenvalue weighted by Gasteiger charge is 2.18. The summed E-state index contributed by atoms with van der Waals surface area (Å²) in [4.78, 5) is 30.8. The molecule has 0 fully saturated rings. The van der Waals surface area contributed by atoms with Crippen LogP contribution in [0.4, 0.5) is 0 Å². The minimum atomic E-state index is -0.507. The lowest BCUT2D eigenvalue weighted by molar-refractivity contribution is -0.139. The number of thioether (sulfide) groups is 1. The number of fused-ring (bicyclic) bond motifs is 1. The number of methoxy groups -OCH3 is 1. The van der Waals surface area contributed by atoms with Crippen molar-refractivity contribution in [1.82, 2.24) is 19.7 Å². The van der Waals surface area contributed by atoms with Gasteiger partial charge in [-0.05, 0) is 19.1 Å². The van der Waals surface area contributed by atoms with Gasteiger partial charge in [-0.2, -0.15) is 5.10 Å². The number of nitrogens with zero attached hydrogens (tertiary/aromatic N) is 3. The van der Waals surface area contributed by atoms with Crippen molar-refractivity contribution >= 4 is 40.4 Å². The molecular weight excluding hydrogens is 352 g/mol. The number of rotatable bonds is 4. The lowest BCUT2D eigenvalue weighted by Gasteiger charge is -2.09. The van der Waals surface area contributed by atoms with Crippen molar-refractivity contribution in [3.05, 3.63) is 45.8 Å². The second kappa shape index (κ2) is 6.66. The van der Waals surface area contributed by atoms with Crippen LogP contribution in [0.5, 0.6) is 0 Å². The average molecular weight is 365 g/mol. The highest BCUT2D eigenvalue weighted by Crippen LogP contribution is 2.24. The van der Waals surface area contributed by atoms with E-state index < -0.39 is 11.2 Å². The van der Waals surface area contributed by atoms with Gasteiger partial charge in [-0.3, -0.25) is 9.59 Å². The van der Waals surface area contributed by atoms with E-state index in [0.717, 1.165) is 11.8 Å². The summed E-state index contributed by atoms with van der Waals surface area (Å²) in [6.07, 6.45) is 1.43. The van der Waals surface area contributed by atoms with Gasteiger partial charge in [-0.25, -0.2) is 9.67 Å². The fraction of sp³-hybridized carbons (Fsp3) is 0.200. The van der Waals surface area contributed by atoms with Gasteiger partial charge in [0.15, 0.2) is 10.8 Å². The van der Waals surface area contributed by atoms with Crippen LogP contribution in [-0.2, 0) is 9.53 Å². The van der Waals surface area contributed by atoms with E-state index in [4.69, 9.17) is 11.6 Å². The summed E-state index contributed by atoms with van der Waals surface area (Å²) in [7, 11) is 1.31. The molecule has 2 heterocycles. The summed E-state index contributed by atoms with van der Waals surface area (Å²) in [5, 5.41) is 4.83. The van der Waals surface area contributed by atoms with Crippen molar-refractivity contribution in [3.63, 3.8) is 0 Å². The molecule has 7 nitrogen and oxygen atoms in total. The Morgan fingerprint density at radius 1 is 1.42 bits per heavy atom. The third kappa shape index (κ3) is 3.02. The minimum Gasteiger partial charge on any atom is -0.468 e. The Kier molecular flexibility index (Phi) is 4.59. The molecule has 1 unspecified atom stereocenters. The molecule has 0 radical (unpaired) electrons. The number of H-pyrrole nitrogens is 1. The van der Waals surface area contributed by atoms with Crippen LogP contribution < -0.4 is 5.56 Å². The maximum atomic E-state index is 12.2. The molecule has 0 saturated carbocycles. The predicted molar refractivity (Wildman–Crippen MR) is 91.8 cm³/mol. The molecule has 3 aromatic rings. The van der Waals surface area contributed by atoms with Crippen LogP contribution in [0.2, 0.25) is 5.02 Å². The number of esters is 1. The Hall–Kier alpha value is -2.32. The highest BCUT2D eigenvalue weighted by atomic mass is 35.5. The molecule has 24 heavy (non-hydrogen) atoms. The lowest BCUT2D eigenvalue weighted by atomic mass is 10.3. The quantitative estimate of drug-likeness (QED) is 0.434. The standard InChI is InChI=1S/C15H13ClN4O3S/c1-8(14(22)23-2)24-15-18-12-9(13(21)19-15)7-17-20(12)11-6-4-3-5-10(11)16/h3-8H,1-2H3,(H,18,19,21). The first-order valence-electron chi connectivity index (χ1n) is 6.98. The summed E-state index contributed by atoms with van der Waals surface area (Å²) in [5.41, 5.74) is 0.647. The van der Waals surface area contributed by atoms with Crippen molar-refractivity contribution < 1.29 is 9.53 Å². The minimum absolute atomic E-state index is 0.305. The third-order valence-electron chi connectivity index (χ3n) is 3.32. The summed E-state index contributed by atoms with van der Waals surface area (Å²) in [6.45, 7) is 1.67. The fourth-order valence-corrected chi connectivity index (χ4v) is 3.17. The summed E-state index contributed by atoms with van der Waals surface area (Å²) in [5.74, 6) is -0.401. The Labute approximate surface area is 146 Å². The second-order valence-electron chi connectivity index (χ2n) is 4.90. The molecule has 9 heteroatoms. The maximum Gasteiger partial charge on any atom is 0.318 e. The first-order valence-corrected chi connectivity index (χ1v) is 8.24. The summed E-state index contributed by atoms with van der Waals surface area (Å²) < 4.78 is 6.18. The third-order valence-corrected chi connectivity index (χ3v) is 4.60. The van der Waals surface area contributed by atoms with E-state index in [9.17, 15) is 9.59 Å². The van der Waals surface area contributed by atoms with Crippen LogP contribution in [0.3, 0.4) is 0 Å². The number of ether oxygens (including phenoxy) is 1. The average Bonchev–Trinajstić information content (AvgIpc) is 2.98. The molecule has 3 rings (SSSR count). The van der Waals surface area contributed by atoms with Gasteiger partial charge in [0.25, 0.3) is 5.56 Å². The molecule has 124 valence electrons. The van der Waals surface area contributed by atoms with Crippen molar-refractivity contribution in [1.29, 1.82) is 0 Å². The first kappa shape index (κ1) is 16.5. The predicted octanol–water partition coefficient (Wildman–Crippen LogP) is 2.42. The van der Waals surface area contributed by atoms with Crippen LogP contribution in [0.1, 0.15) is 6.92 Å². The zero-order valence-electron chi connectivity index (χ0n) is 12.8. The Balaban J connectivity index is 2.10. The highest BCUT2D eigenvalue weighted by molar-refractivity contribution is 8.00. The fourth-order valence-electron chi connectivity index (χ4n) is 2.14. The lowest BCUT2D eigenvalue weighted by Crippen LogP contribution is -2.17. The van der Waals surface area contributed by atoms with Crippen molar-refractivity contribution in [3.8, 4) is 5.69 Å². The van der Waals surface area contributed by atoms with Crippen molar-refractivity contribution in [2.75, 3.05) is 7.11 Å². The van der Waals surface area contributed by atoms with Crippen molar-refractivity contribution in [2.24, 2.45) is 0 Å². The van der Waals surface area contributed by atoms with Gasteiger partial charge >= 0.3 is 5.97 Å². The SMILES string of the molecule is COC(=O)C(C)Sc1nc2c(cnn2-c2ccccc2Cl)c(=O)[nH]1. The number of aromatic amines is 1. The molecule has 1 atom stereocenters. The second-order valence-corrected chi connectivity index (χ2v) is 6.64. The van der Waals surface area contributed by atoms with E-state index in [1.807, 2.05) is 6.07 Å². The molecule has 2 aromatic heterocycles. The summed E-state index contributed by atoms with van der Waals surface area (Å²) in [6, 6.07) is 7.13. The number of hydrogen-bond acceptors (Lipinski definition) is 6. The van der Waals surface area contributed by atoms with Crippen LogP contribution in [0, 0.1) is 0 Å². The van der Waals surface area contributed by atoms with E-state index in [1.54, 1.807) is 25.1 Å². The molecule has 0 aliphatic rings. The van der Waals surface area contributed by atoms with E-state index in [2.05, 4.69) is 19.8 Å². The molecule has 0 amide bonds. The topological polar surface area (TPSA) is 89.9 Å². The van der Waals surface area contributed by atoms with Crippen molar-refractivity contribution in [2.45, 2.75) is 17.3 Å². The van der Waals surface area contributed by atoms with Gasteiger partial charge in [0.05, 0.1) is 24.0 Å². The molecule has 1 aromatic carbocycles. The van der Waals surface area contributed by atoms with Crippen LogP contribution in [0.15, 0.2) is 40.4 Å². The maximum absolute atomic E-state index is 12.2. The molecule has 0 spiro atoms. The largest absolute Gasteiger partial charge is 0.468 e. The van der Waals surface area contributed by atoms with Gasteiger partial charge in [-0.1, -0.05) is 35.5 Å². The molecule has 0 bridgehead atoms. The zero-order chi connectivity index (χ0) is 17.3. The normalized spacial score (nSPS) is 12.3.